The minimum atomic E-state index is 0.104. The van der Waals surface area contributed by atoms with Crippen LogP contribution in [0.25, 0.3) is 10.2 Å². The van der Waals surface area contributed by atoms with Crippen molar-refractivity contribution < 1.29 is 4.79 Å². The second kappa shape index (κ2) is 6.89. The van der Waals surface area contributed by atoms with E-state index in [0.717, 1.165) is 53.0 Å². The van der Waals surface area contributed by atoms with Gasteiger partial charge in [-0.1, -0.05) is 22.9 Å². The molecule has 0 atom stereocenters. The number of thiazole rings is 1. The van der Waals surface area contributed by atoms with Gasteiger partial charge in [0.05, 0.1) is 10.2 Å². The first-order chi connectivity index (χ1) is 12.5. The van der Waals surface area contributed by atoms with Crippen LogP contribution >= 0.6 is 22.9 Å². The number of ketones is 1. The van der Waals surface area contributed by atoms with E-state index >= 15 is 0 Å². The number of rotatable bonds is 3. The van der Waals surface area contributed by atoms with Crippen LogP contribution < -0.4 is 9.80 Å². The lowest BCUT2D eigenvalue weighted by Gasteiger charge is -2.36. The number of hydrogen-bond donors (Lipinski definition) is 0. The number of Topliss-reactive ketones (excluding diaryl/α,β-unsaturated/α-hetero) is 1. The molecule has 1 saturated heterocycles. The Morgan fingerprint density at radius 3 is 2.35 bits per heavy atom. The van der Waals surface area contributed by atoms with E-state index in [1.165, 1.54) is 10.4 Å². The van der Waals surface area contributed by atoms with E-state index in [2.05, 4.69) is 15.9 Å². The van der Waals surface area contributed by atoms with Gasteiger partial charge in [-0.25, -0.2) is 4.98 Å². The molecule has 1 aliphatic heterocycles. The molecule has 0 amide bonds. The molecule has 26 heavy (non-hydrogen) atoms. The van der Waals surface area contributed by atoms with Gasteiger partial charge in [-0.15, -0.1) is 0 Å². The number of piperazine rings is 1. The summed E-state index contributed by atoms with van der Waals surface area (Å²) < 4.78 is 1.18. The Bertz CT molecular complexity index is 959. The lowest BCUT2D eigenvalue weighted by atomic mass is 10.1. The highest BCUT2D eigenvalue weighted by Gasteiger charge is 2.21. The third-order valence-electron chi connectivity index (χ3n) is 4.93. The number of aryl methyl sites for hydroxylation is 1. The zero-order valence-corrected chi connectivity index (χ0v) is 16.4. The van der Waals surface area contributed by atoms with Crippen molar-refractivity contribution in [2.45, 2.75) is 13.8 Å². The van der Waals surface area contributed by atoms with Gasteiger partial charge in [0, 0.05) is 42.5 Å². The summed E-state index contributed by atoms with van der Waals surface area (Å²) in [5.74, 6) is 0.104. The first kappa shape index (κ1) is 17.3. The summed E-state index contributed by atoms with van der Waals surface area (Å²) in [6, 6.07) is 11.9. The van der Waals surface area contributed by atoms with Crippen molar-refractivity contribution in [3.8, 4) is 0 Å². The van der Waals surface area contributed by atoms with Crippen LogP contribution in [0.5, 0.6) is 0 Å². The van der Waals surface area contributed by atoms with Gasteiger partial charge < -0.3 is 9.80 Å². The first-order valence-corrected chi connectivity index (χ1v) is 9.89. The third kappa shape index (κ3) is 3.17. The molecule has 0 spiro atoms. The molecule has 6 heteroatoms. The van der Waals surface area contributed by atoms with Crippen LogP contribution in [0.4, 0.5) is 10.8 Å². The van der Waals surface area contributed by atoms with E-state index in [1.807, 2.05) is 37.3 Å². The Morgan fingerprint density at radius 2 is 1.69 bits per heavy atom. The summed E-state index contributed by atoms with van der Waals surface area (Å²) in [5.41, 5.74) is 3.99. The van der Waals surface area contributed by atoms with Gasteiger partial charge >= 0.3 is 0 Å². The fraction of sp³-hybridized carbons (Fsp3) is 0.300. The second-order valence-electron chi connectivity index (χ2n) is 6.59. The molecule has 0 aliphatic carbocycles. The fourth-order valence-electron chi connectivity index (χ4n) is 3.29. The summed E-state index contributed by atoms with van der Waals surface area (Å²) in [6.45, 7) is 7.36. The highest BCUT2D eigenvalue weighted by Crippen LogP contribution is 2.34. The highest BCUT2D eigenvalue weighted by molar-refractivity contribution is 7.22. The monoisotopic (exact) mass is 385 g/mol. The number of anilines is 2. The van der Waals surface area contributed by atoms with Crippen molar-refractivity contribution in [3.05, 3.63) is 52.5 Å². The minimum absolute atomic E-state index is 0.104. The third-order valence-corrected chi connectivity index (χ3v) is 6.42. The summed E-state index contributed by atoms with van der Waals surface area (Å²) >= 11 is 7.95. The van der Waals surface area contributed by atoms with E-state index in [-0.39, 0.29) is 5.78 Å². The molecule has 3 aromatic rings. The lowest BCUT2D eigenvalue weighted by molar-refractivity contribution is 0.101. The van der Waals surface area contributed by atoms with Crippen LogP contribution in [0.15, 0.2) is 36.4 Å². The van der Waals surface area contributed by atoms with Crippen LogP contribution in [-0.2, 0) is 0 Å². The molecule has 1 fully saturated rings. The van der Waals surface area contributed by atoms with Crippen LogP contribution in [0, 0.1) is 6.92 Å². The standard InChI is InChI=1S/C20H20ClN3OS/c1-13-17(21)7-8-18-19(13)22-20(26-18)24-11-9-23(10-12-24)16-5-3-15(4-6-16)14(2)25/h3-8H,9-12H2,1-2H3. The van der Waals surface area contributed by atoms with Crippen LogP contribution in [0.2, 0.25) is 5.02 Å². The van der Waals surface area contributed by atoms with Crippen molar-refractivity contribution in [2.75, 3.05) is 36.0 Å². The first-order valence-electron chi connectivity index (χ1n) is 8.69. The average molecular weight is 386 g/mol. The summed E-state index contributed by atoms with van der Waals surface area (Å²) in [5, 5.41) is 1.84. The zero-order valence-electron chi connectivity index (χ0n) is 14.8. The van der Waals surface area contributed by atoms with Crippen LogP contribution in [0.3, 0.4) is 0 Å². The zero-order chi connectivity index (χ0) is 18.3. The predicted molar refractivity (Wildman–Crippen MR) is 110 cm³/mol. The van der Waals surface area contributed by atoms with Crippen molar-refractivity contribution in [1.29, 1.82) is 0 Å². The van der Waals surface area contributed by atoms with E-state index in [4.69, 9.17) is 16.6 Å². The van der Waals surface area contributed by atoms with Gasteiger partial charge in [0.2, 0.25) is 0 Å². The van der Waals surface area contributed by atoms with Gasteiger partial charge in [0.1, 0.15) is 0 Å². The number of carbonyl (C=O) groups is 1. The number of fused-ring (bicyclic) bond motifs is 1. The molecule has 2 heterocycles. The van der Waals surface area contributed by atoms with E-state index in [1.54, 1.807) is 18.3 Å². The van der Waals surface area contributed by atoms with Crippen molar-refractivity contribution >= 4 is 49.8 Å². The SMILES string of the molecule is CC(=O)c1ccc(N2CCN(c3nc4c(C)c(Cl)ccc4s3)CC2)cc1. The van der Waals surface area contributed by atoms with Gasteiger partial charge in [0.15, 0.2) is 10.9 Å². The van der Waals surface area contributed by atoms with Crippen LogP contribution in [0.1, 0.15) is 22.8 Å². The molecular weight excluding hydrogens is 366 g/mol. The molecule has 134 valence electrons. The van der Waals surface area contributed by atoms with Gasteiger partial charge in [-0.3, -0.25) is 4.79 Å². The predicted octanol–water partition coefficient (Wildman–Crippen LogP) is 4.79. The Labute approximate surface area is 162 Å². The van der Waals surface area contributed by atoms with Crippen LogP contribution in [-0.4, -0.2) is 36.9 Å². The summed E-state index contributed by atoms with van der Waals surface area (Å²) in [4.78, 5) is 20.9. The summed E-state index contributed by atoms with van der Waals surface area (Å²) in [6.07, 6.45) is 0. The molecule has 1 aromatic heterocycles. The Kier molecular flexibility index (Phi) is 4.59. The Hall–Kier alpha value is -2.11. The van der Waals surface area contributed by atoms with Gasteiger partial charge in [0.25, 0.3) is 0 Å². The smallest absolute Gasteiger partial charge is 0.186 e. The number of aromatic nitrogens is 1. The molecule has 0 bridgehead atoms. The van der Waals surface area contributed by atoms with E-state index in [0.29, 0.717) is 0 Å². The second-order valence-corrected chi connectivity index (χ2v) is 8.01. The number of hydrogen-bond acceptors (Lipinski definition) is 5. The lowest BCUT2D eigenvalue weighted by Crippen LogP contribution is -2.46. The topological polar surface area (TPSA) is 36.4 Å². The highest BCUT2D eigenvalue weighted by atomic mass is 35.5. The molecule has 1 aliphatic rings. The minimum Gasteiger partial charge on any atom is -0.368 e. The quantitative estimate of drug-likeness (QED) is 0.607. The van der Waals surface area contributed by atoms with Crippen molar-refractivity contribution in [3.63, 3.8) is 0 Å². The normalized spacial score (nSPS) is 14.9. The number of nitrogens with zero attached hydrogens (tertiary/aromatic N) is 3. The van der Waals surface area contributed by atoms with Gasteiger partial charge in [-0.2, -0.15) is 0 Å². The van der Waals surface area contributed by atoms with Gasteiger partial charge in [-0.05, 0) is 55.8 Å². The Morgan fingerprint density at radius 1 is 1.04 bits per heavy atom. The van der Waals surface area contributed by atoms with Crippen molar-refractivity contribution in [1.82, 2.24) is 4.98 Å². The van der Waals surface area contributed by atoms with Crippen molar-refractivity contribution in [2.24, 2.45) is 0 Å². The number of carbonyl (C=O) groups excluding carboxylic acids is 1. The molecule has 0 unspecified atom stereocenters. The number of halogens is 1. The fourth-order valence-corrected chi connectivity index (χ4v) is 4.52. The average Bonchev–Trinajstić information content (AvgIpc) is 3.10. The molecule has 0 N–H and O–H groups in total. The Balaban J connectivity index is 1.48. The summed E-state index contributed by atoms with van der Waals surface area (Å²) in [7, 11) is 0. The largest absolute Gasteiger partial charge is 0.368 e. The van der Waals surface area contributed by atoms with E-state index < -0.39 is 0 Å². The van der Waals surface area contributed by atoms with E-state index in [9.17, 15) is 4.79 Å². The number of benzene rings is 2. The molecule has 0 saturated carbocycles. The molecule has 4 nitrogen and oxygen atoms in total. The maximum absolute atomic E-state index is 11.4. The molecule has 4 rings (SSSR count). The molecular formula is C20H20ClN3OS. The maximum atomic E-state index is 11.4. The molecule has 2 aromatic carbocycles. The maximum Gasteiger partial charge on any atom is 0.186 e. The molecule has 0 radical (unpaired) electrons.